The molecular formula is C26H24ClN7OS. The van der Waals surface area contributed by atoms with Gasteiger partial charge in [0, 0.05) is 45.8 Å². The SMILES string of the molecule is Cc1cc(C)nc(SCc2c(C(=O)NCCc3c[nH]c4ccccc34)nnn2-c2ccc(Cl)cc2)n1. The monoisotopic (exact) mass is 517 g/mol. The van der Waals surface area contributed by atoms with E-state index < -0.39 is 0 Å². The predicted molar refractivity (Wildman–Crippen MR) is 142 cm³/mol. The summed E-state index contributed by atoms with van der Waals surface area (Å²) in [6.45, 7) is 4.34. The lowest BCUT2D eigenvalue weighted by atomic mass is 10.1. The van der Waals surface area contributed by atoms with Gasteiger partial charge in [-0.1, -0.05) is 46.8 Å². The molecule has 3 aromatic heterocycles. The molecule has 0 atom stereocenters. The van der Waals surface area contributed by atoms with Crippen LogP contribution < -0.4 is 5.32 Å². The number of benzene rings is 2. The second kappa shape index (κ2) is 10.5. The van der Waals surface area contributed by atoms with Gasteiger partial charge in [-0.25, -0.2) is 14.6 Å². The Morgan fingerprint density at radius 3 is 2.61 bits per heavy atom. The van der Waals surface area contributed by atoms with Crippen molar-refractivity contribution in [3.05, 3.63) is 94.2 Å². The van der Waals surface area contributed by atoms with E-state index >= 15 is 0 Å². The molecule has 36 heavy (non-hydrogen) atoms. The Morgan fingerprint density at radius 1 is 1.08 bits per heavy atom. The number of halogens is 1. The van der Waals surface area contributed by atoms with Crippen molar-refractivity contribution in [1.82, 2.24) is 35.3 Å². The number of aromatic nitrogens is 6. The number of hydrogen-bond donors (Lipinski definition) is 2. The van der Waals surface area contributed by atoms with E-state index in [1.165, 1.54) is 11.8 Å². The number of carbonyl (C=O) groups is 1. The molecule has 0 unspecified atom stereocenters. The smallest absolute Gasteiger partial charge is 0.273 e. The van der Waals surface area contributed by atoms with E-state index in [1.54, 1.807) is 16.8 Å². The van der Waals surface area contributed by atoms with Gasteiger partial charge in [0.15, 0.2) is 10.9 Å². The number of nitrogens with one attached hydrogen (secondary N) is 2. The van der Waals surface area contributed by atoms with Gasteiger partial charge in [-0.05, 0) is 62.2 Å². The molecule has 2 aromatic carbocycles. The first-order valence-corrected chi connectivity index (χ1v) is 12.8. The van der Waals surface area contributed by atoms with Crippen molar-refractivity contribution in [1.29, 1.82) is 0 Å². The number of carbonyl (C=O) groups excluding carboxylic acids is 1. The molecule has 8 nitrogen and oxygen atoms in total. The quantitative estimate of drug-likeness (QED) is 0.220. The zero-order chi connectivity index (χ0) is 25.1. The molecule has 0 saturated heterocycles. The van der Waals surface area contributed by atoms with Crippen molar-refractivity contribution in [3.8, 4) is 5.69 Å². The van der Waals surface area contributed by atoms with Gasteiger partial charge in [0.2, 0.25) is 0 Å². The number of rotatable bonds is 8. The lowest BCUT2D eigenvalue weighted by molar-refractivity contribution is 0.0948. The number of H-pyrrole nitrogens is 1. The number of fused-ring (bicyclic) bond motifs is 1. The van der Waals surface area contributed by atoms with Crippen LogP contribution in [0.1, 0.15) is 33.1 Å². The zero-order valence-electron chi connectivity index (χ0n) is 19.8. The highest BCUT2D eigenvalue weighted by Crippen LogP contribution is 2.24. The predicted octanol–water partition coefficient (Wildman–Crippen LogP) is 5.07. The molecule has 0 aliphatic heterocycles. The Labute approximate surface area is 217 Å². The summed E-state index contributed by atoms with van der Waals surface area (Å²) in [5.74, 6) is 0.149. The Balaban J connectivity index is 1.36. The van der Waals surface area contributed by atoms with Crippen LogP contribution in [-0.4, -0.2) is 42.4 Å². The largest absolute Gasteiger partial charge is 0.361 e. The number of para-hydroxylation sites is 1. The minimum Gasteiger partial charge on any atom is -0.361 e. The van der Waals surface area contributed by atoms with Gasteiger partial charge >= 0.3 is 0 Å². The van der Waals surface area contributed by atoms with Gasteiger partial charge in [0.25, 0.3) is 5.91 Å². The Hall–Kier alpha value is -3.69. The molecule has 0 fully saturated rings. The maximum absolute atomic E-state index is 13.2. The van der Waals surface area contributed by atoms with Crippen LogP contribution in [0.4, 0.5) is 0 Å². The molecular weight excluding hydrogens is 494 g/mol. The number of hydrogen-bond acceptors (Lipinski definition) is 6. The fraction of sp³-hybridized carbons (Fsp3) is 0.192. The summed E-state index contributed by atoms with van der Waals surface area (Å²) >= 11 is 7.51. The maximum Gasteiger partial charge on any atom is 0.273 e. The minimum absolute atomic E-state index is 0.271. The number of aryl methyl sites for hydroxylation is 2. The lowest BCUT2D eigenvalue weighted by Gasteiger charge is -2.09. The first-order chi connectivity index (χ1) is 17.5. The molecule has 5 rings (SSSR count). The highest BCUT2D eigenvalue weighted by atomic mass is 35.5. The molecule has 3 heterocycles. The minimum atomic E-state index is -0.271. The van der Waals surface area contributed by atoms with Gasteiger partial charge in [0.1, 0.15) is 0 Å². The summed E-state index contributed by atoms with van der Waals surface area (Å²) in [4.78, 5) is 25.5. The average molecular weight is 518 g/mol. The highest BCUT2D eigenvalue weighted by molar-refractivity contribution is 7.98. The van der Waals surface area contributed by atoms with Crippen molar-refractivity contribution >= 4 is 40.2 Å². The zero-order valence-corrected chi connectivity index (χ0v) is 21.4. The van der Waals surface area contributed by atoms with E-state index in [9.17, 15) is 4.79 Å². The maximum atomic E-state index is 13.2. The average Bonchev–Trinajstić information content (AvgIpc) is 3.47. The molecule has 182 valence electrons. The van der Waals surface area contributed by atoms with E-state index in [0.717, 1.165) is 33.5 Å². The molecule has 5 aromatic rings. The van der Waals surface area contributed by atoms with Crippen molar-refractivity contribution in [2.45, 2.75) is 31.2 Å². The third kappa shape index (κ3) is 5.27. The number of aromatic amines is 1. The fourth-order valence-corrected chi connectivity index (χ4v) is 5.09. The molecule has 0 bridgehead atoms. The van der Waals surface area contributed by atoms with Crippen LogP contribution in [0.2, 0.25) is 5.02 Å². The Kier molecular flexibility index (Phi) is 7.02. The molecule has 0 aliphatic rings. The molecule has 1 amide bonds. The van der Waals surface area contributed by atoms with Crippen molar-refractivity contribution < 1.29 is 4.79 Å². The van der Waals surface area contributed by atoms with Crippen LogP contribution in [-0.2, 0) is 12.2 Å². The molecule has 0 radical (unpaired) electrons. The number of amides is 1. The molecule has 0 saturated carbocycles. The van der Waals surface area contributed by atoms with Crippen LogP contribution in [0.25, 0.3) is 16.6 Å². The van der Waals surface area contributed by atoms with Crippen molar-refractivity contribution in [2.24, 2.45) is 0 Å². The fourth-order valence-electron chi connectivity index (χ4n) is 4.02. The van der Waals surface area contributed by atoms with Gasteiger partial charge in [-0.15, -0.1) is 5.10 Å². The second-order valence-electron chi connectivity index (χ2n) is 8.36. The van der Waals surface area contributed by atoms with E-state index in [2.05, 4.69) is 36.6 Å². The Morgan fingerprint density at radius 2 is 1.83 bits per heavy atom. The van der Waals surface area contributed by atoms with Crippen LogP contribution in [0.5, 0.6) is 0 Å². The highest BCUT2D eigenvalue weighted by Gasteiger charge is 2.21. The summed E-state index contributed by atoms with van der Waals surface area (Å²) in [6.07, 6.45) is 2.68. The third-order valence-electron chi connectivity index (χ3n) is 5.70. The van der Waals surface area contributed by atoms with Gasteiger partial charge < -0.3 is 10.3 Å². The van der Waals surface area contributed by atoms with E-state index in [1.807, 2.05) is 56.4 Å². The topological polar surface area (TPSA) is 101 Å². The number of nitrogens with zero attached hydrogens (tertiary/aromatic N) is 5. The summed E-state index contributed by atoms with van der Waals surface area (Å²) in [7, 11) is 0. The van der Waals surface area contributed by atoms with Crippen LogP contribution in [0.3, 0.4) is 0 Å². The molecule has 0 spiro atoms. The normalized spacial score (nSPS) is 11.2. The van der Waals surface area contributed by atoms with E-state index in [-0.39, 0.29) is 11.6 Å². The van der Waals surface area contributed by atoms with E-state index in [0.29, 0.717) is 34.6 Å². The van der Waals surface area contributed by atoms with Gasteiger partial charge in [-0.3, -0.25) is 4.79 Å². The second-order valence-corrected chi connectivity index (χ2v) is 9.74. The molecule has 0 aliphatic carbocycles. The van der Waals surface area contributed by atoms with Crippen molar-refractivity contribution in [3.63, 3.8) is 0 Å². The molecule has 2 N–H and O–H groups in total. The standard InChI is InChI=1S/C26H24ClN7OS/c1-16-13-17(2)31-26(30-16)36-15-23-24(32-33-34(23)20-9-7-19(27)8-10-20)25(35)28-12-11-18-14-29-22-6-4-3-5-21(18)22/h3-10,13-14,29H,11-12,15H2,1-2H3,(H,28,35). The summed E-state index contributed by atoms with van der Waals surface area (Å²) in [5.41, 5.74) is 5.72. The van der Waals surface area contributed by atoms with Gasteiger partial charge in [-0.2, -0.15) is 0 Å². The third-order valence-corrected chi connectivity index (χ3v) is 6.81. The number of thioether (sulfide) groups is 1. The van der Waals surface area contributed by atoms with Crippen LogP contribution >= 0.6 is 23.4 Å². The Bertz CT molecular complexity index is 1510. The first-order valence-electron chi connectivity index (χ1n) is 11.5. The van der Waals surface area contributed by atoms with Gasteiger partial charge in [0.05, 0.1) is 11.4 Å². The summed E-state index contributed by atoms with van der Waals surface area (Å²) < 4.78 is 1.67. The first kappa shape index (κ1) is 24.0. The van der Waals surface area contributed by atoms with Crippen LogP contribution in [0, 0.1) is 13.8 Å². The van der Waals surface area contributed by atoms with E-state index in [4.69, 9.17) is 11.6 Å². The summed E-state index contributed by atoms with van der Waals surface area (Å²) in [5, 5.41) is 13.9. The van der Waals surface area contributed by atoms with Crippen molar-refractivity contribution in [2.75, 3.05) is 6.54 Å². The summed E-state index contributed by atoms with van der Waals surface area (Å²) in [6, 6.07) is 17.3. The molecule has 10 heteroatoms. The van der Waals surface area contributed by atoms with Crippen LogP contribution in [0.15, 0.2) is 66.0 Å². The lowest BCUT2D eigenvalue weighted by Crippen LogP contribution is -2.27.